The monoisotopic (exact) mass is 268 g/mol. The number of carbonyl (C=O) groups is 2. The van der Waals surface area contributed by atoms with Crippen LogP contribution in [-0.2, 0) is 14.3 Å². The van der Waals surface area contributed by atoms with Crippen LogP contribution in [0.2, 0.25) is 0 Å². The number of esters is 1. The Morgan fingerprint density at radius 3 is 2.06 bits per heavy atom. The molecule has 0 aliphatic heterocycles. The first kappa shape index (κ1) is 19.9. The third-order valence-corrected chi connectivity index (χ3v) is 2.30. The van der Waals surface area contributed by atoms with Crippen LogP contribution in [0.1, 0.15) is 58.3 Å². The second kappa shape index (κ2) is 14.6. The molecule has 0 aromatic heterocycles. The van der Waals surface area contributed by atoms with Gasteiger partial charge in [0.25, 0.3) is 0 Å². The molecule has 0 spiro atoms. The van der Waals surface area contributed by atoms with Crippen LogP contribution in [0.25, 0.3) is 0 Å². The van der Waals surface area contributed by atoms with E-state index >= 15 is 0 Å². The number of carboxylic acids is 1. The largest absolute Gasteiger partial charge is 1.00 e. The number of rotatable bonds is 10. The summed E-state index contributed by atoms with van der Waals surface area (Å²) in [5.41, 5.74) is 0. The summed E-state index contributed by atoms with van der Waals surface area (Å²) in [5, 5.41) is 10.0. The van der Waals surface area contributed by atoms with E-state index in [2.05, 4.69) is 6.92 Å². The molecule has 0 unspecified atom stereocenters. The number of ether oxygens (including phenoxy) is 1. The summed E-state index contributed by atoms with van der Waals surface area (Å²) < 4.78 is 4.72. The van der Waals surface area contributed by atoms with Crippen molar-refractivity contribution in [3.05, 3.63) is 0 Å². The van der Waals surface area contributed by atoms with Gasteiger partial charge in [-0.2, -0.15) is 0 Å². The normalized spacial score (nSPS) is 9.47. The number of carbonyl (C=O) groups excluding carboxylic acids is 2. The zero-order chi connectivity index (χ0) is 12.2. The molecule has 0 bridgehead atoms. The maximum Gasteiger partial charge on any atom is 1.00 e. The van der Waals surface area contributed by atoms with E-state index in [1.165, 1.54) is 25.7 Å². The smallest absolute Gasteiger partial charge is 0.550 e. The van der Waals surface area contributed by atoms with Gasteiger partial charge in [0.1, 0.15) is 0 Å². The Morgan fingerprint density at radius 1 is 1.00 bits per heavy atom. The second-order valence-corrected chi connectivity index (χ2v) is 3.89. The van der Waals surface area contributed by atoms with Crippen LogP contribution in [0, 0.1) is 0 Å². The molecule has 94 valence electrons. The van der Waals surface area contributed by atoms with Gasteiger partial charge in [0, 0.05) is 0 Å². The van der Waals surface area contributed by atoms with Crippen molar-refractivity contribution >= 4 is 11.9 Å². The predicted octanol–water partition coefficient (Wildman–Crippen LogP) is -1.58. The average Bonchev–Trinajstić information content (AvgIpc) is 2.21. The number of hydrogen-bond donors (Lipinski definition) is 0. The molecule has 0 heterocycles. The first-order chi connectivity index (χ1) is 7.66. The molecule has 0 atom stereocenters. The van der Waals surface area contributed by atoms with E-state index in [0.29, 0.717) is 6.61 Å². The van der Waals surface area contributed by atoms with E-state index in [4.69, 9.17) is 4.74 Å². The quantitative estimate of drug-likeness (QED) is 0.208. The Bertz CT molecular complexity index is 207. The Labute approximate surface area is 146 Å². The number of carboxylic acid groups (broad SMARTS) is 1. The number of hydrogen-bond acceptors (Lipinski definition) is 4. The molecule has 0 rings (SSSR count). The molecule has 0 aromatic carbocycles. The minimum Gasteiger partial charge on any atom is -0.550 e. The Morgan fingerprint density at radius 2 is 1.53 bits per heavy atom. The first-order valence-corrected chi connectivity index (χ1v) is 6.02. The number of unbranched alkanes of at least 4 members (excludes halogenated alkanes) is 6. The van der Waals surface area contributed by atoms with Crippen molar-refractivity contribution in [2.75, 3.05) is 6.61 Å². The summed E-state index contributed by atoms with van der Waals surface area (Å²) in [4.78, 5) is 20.8. The van der Waals surface area contributed by atoms with Crippen LogP contribution in [0.4, 0.5) is 0 Å². The molecule has 5 heteroatoms. The van der Waals surface area contributed by atoms with Crippen LogP contribution in [0.15, 0.2) is 0 Å². The Kier molecular flexibility index (Phi) is 17.1. The van der Waals surface area contributed by atoms with Gasteiger partial charge in [-0.25, -0.2) is 0 Å². The van der Waals surface area contributed by atoms with Gasteiger partial charge in [0.15, 0.2) is 0 Å². The molecular weight excluding hydrogens is 247 g/mol. The predicted molar refractivity (Wildman–Crippen MR) is 58.6 cm³/mol. The van der Waals surface area contributed by atoms with Gasteiger partial charge < -0.3 is 14.6 Å². The third kappa shape index (κ3) is 16.6. The zero-order valence-electron chi connectivity index (χ0n) is 11.0. The van der Waals surface area contributed by atoms with Crippen molar-refractivity contribution in [2.45, 2.75) is 58.3 Å². The van der Waals surface area contributed by atoms with Gasteiger partial charge in [-0.1, -0.05) is 45.4 Å². The molecule has 0 aliphatic rings. The second-order valence-electron chi connectivity index (χ2n) is 3.89. The van der Waals surface area contributed by atoms with Crippen molar-refractivity contribution in [1.82, 2.24) is 0 Å². The van der Waals surface area contributed by atoms with Gasteiger partial charge >= 0.3 is 57.4 Å². The van der Waals surface area contributed by atoms with Crippen LogP contribution in [0.3, 0.4) is 0 Å². The fraction of sp³-hybridized carbons (Fsp3) is 0.833. The van der Waals surface area contributed by atoms with Gasteiger partial charge in [0.05, 0.1) is 19.0 Å². The van der Waals surface area contributed by atoms with Crippen LogP contribution >= 0.6 is 0 Å². The maximum atomic E-state index is 10.8. The van der Waals surface area contributed by atoms with E-state index in [1.807, 2.05) is 0 Å². The molecular formula is C12H21KO4. The van der Waals surface area contributed by atoms with Gasteiger partial charge in [0.2, 0.25) is 0 Å². The van der Waals surface area contributed by atoms with Crippen LogP contribution in [0.5, 0.6) is 0 Å². The van der Waals surface area contributed by atoms with Crippen molar-refractivity contribution in [3.8, 4) is 0 Å². The van der Waals surface area contributed by atoms with Crippen molar-refractivity contribution < 1.29 is 70.8 Å². The van der Waals surface area contributed by atoms with Crippen molar-refractivity contribution in [3.63, 3.8) is 0 Å². The minimum atomic E-state index is -1.38. The molecule has 0 aromatic rings. The molecule has 0 saturated heterocycles. The fourth-order valence-corrected chi connectivity index (χ4v) is 1.41. The van der Waals surface area contributed by atoms with E-state index in [1.54, 1.807) is 0 Å². The van der Waals surface area contributed by atoms with Crippen LogP contribution in [-0.4, -0.2) is 18.5 Å². The molecule has 0 fully saturated rings. The SMILES string of the molecule is CCCCCCCCCOC(=O)CC(=O)[O-].[K+]. The van der Waals surface area contributed by atoms with Gasteiger partial charge in [-0.3, -0.25) is 4.79 Å². The Balaban J connectivity index is 0. The molecule has 17 heavy (non-hydrogen) atoms. The summed E-state index contributed by atoms with van der Waals surface area (Å²) in [6.07, 6.45) is 7.35. The molecule has 0 saturated carbocycles. The molecule has 0 radical (unpaired) electrons. The van der Waals surface area contributed by atoms with Gasteiger partial charge in [-0.05, 0) is 6.42 Å². The van der Waals surface area contributed by atoms with Gasteiger partial charge in [-0.15, -0.1) is 0 Å². The topological polar surface area (TPSA) is 66.4 Å². The zero-order valence-corrected chi connectivity index (χ0v) is 14.1. The van der Waals surface area contributed by atoms with E-state index < -0.39 is 18.4 Å². The standard InChI is InChI=1S/C12H22O4.K/c1-2-3-4-5-6-7-8-9-16-12(15)10-11(13)14;/h2-10H2,1H3,(H,13,14);/q;+1/p-1. The fourth-order valence-electron chi connectivity index (χ4n) is 1.41. The summed E-state index contributed by atoms with van der Waals surface area (Å²) in [6, 6.07) is 0. The average molecular weight is 268 g/mol. The summed E-state index contributed by atoms with van der Waals surface area (Å²) in [5.74, 6) is -2.09. The molecule has 0 N–H and O–H groups in total. The summed E-state index contributed by atoms with van der Waals surface area (Å²) in [7, 11) is 0. The van der Waals surface area contributed by atoms with Crippen molar-refractivity contribution in [2.24, 2.45) is 0 Å². The minimum absolute atomic E-state index is 0. The van der Waals surface area contributed by atoms with E-state index in [-0.39, 0.29) is 51.4 Å². The number of aliphatic carboxylic acids is 1. The third-order valence-electron chi connectivity index (χ3n) is 2.30. The van der Waals surface area contributed by atoms with Crippen molar-refractivity contribution in [1.29, 1.82) is 0 Å². The van der Waals surface area contributed by atoms with E-state index in [0.717, 1.165) is 19.3 Å². The first-order valence-electron chi connectivity index (χ1n) is 6.02. The molecule has 0 amide bonds. The summed E-state index contributed by atoms with van der Waals surface area (Å²) in [6.45, 7) is 2.50. The van der Waals surface area contributed by atoms with Crippen LogP contribution < -0.4 is 56.5 Å². The summed E-state index contributed by atoms with van der Waals surface area (Å²) >= 11 is 0. The van der Waals surface area contributed by atoms with E-state index in [9.17, 15) is 14.7 Å². The maximum absolute atomic E-state index is 10.8. The molecule has 4 nitrogen and oxygen atoms in total. The molecule has 0 aliphatic carbocycles. The Hall–Kier alpha value is 0.576.